The highest BCUT2D eigenvalue weighted by Crippen LogP contribution is 1.97. The predicted octanol–water partition coefficient (Wildman–Crippen LogP) is 2.32. The monoisotopic (exact) mass is 170 g/mol. The number of hydrogen-bond donors (Lipinski definition) is 0. The lowest BCUT2D eigenvalue weighted by Gasteiger charge is -2.17. The molecule has 3 heteroatoms. The van der Waals surface area contributed by atoms with Gasteiger partial charge < -0.3 is 4.90 Å². The van der Waals surface area contributed by atoms with Gasteiger partial charge in [-0.05, 0) is 19.8 Å². The molecule has 0 aromatic heterocycles. The van der Waals surface area contributed by atoms with Crippen molar-refractivity contribution in [3.8, 4) is 0 Å². The second-order valence-electron chi connectivity index (χ2n) is 2.66. The maximum Gasteiger partial charge on any atom is 0.343 e. The minimum absolute atomic E-state index is 0.110. The van der Waals surface area contributed by atoms with E-state index in [9.17, 15) is 4.79 Å². The van der Waals surface area contributed by atoms with Crippen molar-refractivity contribution in [3.63, 3.8) is 0 Å². The molecule has 70 valence electrons. The zero-order valence-corrected chi connectivity index (χ0v) is 8.21. The van der Waals surface area contributed by atoms with Gasteiger partial charge in [-0.25, -0.2) is 9.79 Å². The first-order chi connectivity index (χ1) is 5.76. The molecule has 0 heterocycles. The number of hydrogen-bond acceptors (Lipinski definition) is 1. The van der Waals surface area contributed by atoms with Gasteiger partial charge in [0.05, 0.1) is 0 Å². The number of carbonyl (C=O) groups is 1. The Bertz CT molecular complexity index is 149. The van der Waals surface area contributed by atoms with Crippen molar-refractivity contribution < 1.29 is 4.79 Å². The van der Waals surface area contributed by atoms with E-state index in [2.05, 4.69) is 18.8 Å². The van der Waals surface area contributed by atoms with Gasteiger partial charge in [0.2, 0.25) is 0 Å². The highest BCUT2D eigenvalue weighted by molar-refractivity contribution is 5.82. The van der Waals surface area contributed by atoms with Crippen LogP contribution in [0.1, 0.15) is 33.6 Å². The molecule has 0 aliphatic carbocycles. The quantitative estimate of drug-likeness (QED) is 0.596. The molecule has 0 radical (unpaired) electrons. The van der Waals surface area contributed by atoms with E-state index < -0.39 is 0 Å². The normalized spacial score (nSPS) is 10.6. The van der Waals surface area contributed by atoms with Crippen LogP contribution in [0.15, 0.2) is 4.99 Å². The van der Waals surface area contributed by atoms with E-state index in [0.717, 1.165) is 25.9 Å². The van der Waals surface area contributed by atoms with Crippen LogP contribution in [0.2, 0.25) is 0 Å². The second kappa shape index (κ2) is 6.83. The molecule has 2 amide bonds. The maximum atomic E-state index is 11.3. The molecule has 0 aliphatic heterocycles. The van der Waals surface area contributed by atoms with Crippen LogP contribution in [0.3, 0.4) is 0 Å². The summed E-state index contributed by atoms with van der Waals surface area (Å²) in [6, 6.07) is -0.110. The maximum absolute atomic E-state index is 11.3. The molecule has 0 spiro atoms. The molecule has 0 saturated carbocycles. The van der Waals surface area contributed by atoms with E-state index in [1.807, 2.05) is 0 Å². The van der Waals surface area contributed by atoms with E-state index in [1.54, 1.807) is 18.0 Å². The van der Waals surface area contributed by atoms with Gasteiger partial charge in [0.25, 0.3) is 0 Å². The Kier molecular flexibility index (Phi) is 6.34. The van der Waals surface area contributed by atoms with Gasteiger partial charge in [0, 0.05) is 19.3 Å². The summed E-state index contributed by atoms with van der Waals surface area (Å²) >= 11 is 0. The Morgan fingerprint density at radius 3 is 2.17 bits per heavy atom. The van der Waals surface area contributed by atoms with Crippen molar-refractivity contribution in [2.24, 2.45) is 4.99 Å². The molecule has 0 aromatic carbocycles. The topological polar surface area (TPSA) is 32.7 Å². The molecule has 0 bridgehead atoms. The third-order valence-corrected chi connectivity index (χ3v) is 1.50. The number of urea groups is 1. The van der Waals surface area contributed by atoms with E-state index in [0.29, 0.717) is 0 Å². The molecule has 0 unspecified atom stereocenters. The molecule has 0 atom stereocenters. The molecule has 0 saturated heterocycles. The van der Waals surface area contributed by atoms with Crippen LogP contribution >= 0.6 is 0 Å². The average Bonchev–Trinajstić information content (AvgIpc) is 2.04. The first-order valence-electron chi connectivity index (χ1n) is 4.53. The third-order valence-electron chi connectivity index (χ3n) is 1.50. The van der Waals surface area contributed by atoms with Crippen LogP contribution in [0, 0.1) is 0 Å². The highest BCUT2D eigenvalue weighted by Gasteiger charge is 2.07. The lowest BCUT2D eigenvalue weighted by atomic mass is 10.4. The fourth-order valence-electron chi connectivity index (χ4n) is 1.04. The number of rotatable bonds is 4. The summed E-state index contributed by atoms with van der Waals surface area (Å²) < 4.78 is 0. The van der Waals surface area contributed by atoms with Gasteiger partial charge in [-0.3, -0.25) is 0 Å². The van der Waals surface area contributed by atoms with Crippen molar-refractivity contribution in [1.82, 2.24) is 4.90 Å². The second-order valence-corrected chi connectivity index (χ2v) is 2.66. The molecule has 0 fully saturated rings. The molecule has 0 aromatic rings. The van der Waals surface area contributed by atoms with Crippen LogP contribution in [-0.2, 0) is 0 Å². The first-order valence-corrected chi connectivity index (χ1v) is 4.53. The fraction of sp³-hybridized carbons (Fsp3) is 0.778. The van der Waals surface area contributed by atoms with Gasteiger partial charge in [-0.2, -0.15) is 0 Å². The van der Waals surface area contributed by atoms with Crippen LogP contribution < -0.4 is 0 Å². The SMILES string of the molecule is C/C=N/C(=O)N(CCC)CCC. The van der Waals surface area contributed by atoms with Crippen LogP contribution in [0.25, 0.3) is 0 Å². The summed E-state index contributed by atoms with van der Waals surface area (Å²) in [5, 5.41) is 0. The zero-order chi connectivity index (χ0) is 9.40. The summed E-state index contributed by atoms with van der Waals surface area (Å²) in [5.74, 6) is 0. The summed E-state index contributed by atoms with van der Waals surface area (Å²) in [4.78, 5) is 16.8. The Hall–Kier alpha value is -0.860. The number of carbonyl (C=O) groups excluding carboxylic acids is 1. The molecule has 12 heavy (non-hydrogen) atoms. The first kappa shape index (κ1) is 11.1. The van der Waals surface area contributed by atoms with Crippen molar-refractivity contribution in [2.45, 2.75) is 33.6 Å². The lowest BCUT2D eigenvalue weighted by Crippen LogP contribution is -2.29. The Balaban J connectivity index is 3.98. The minimum atomic E-state index is -0.110. The number of amides is 2. The van der Waals surface area contributed by atoms with Crippen molar-refractivity contribution >= 4 is 12.2 Å². The smallest absolute Gasteiger partial charge is 0.323 e. The van der Waals surface area contributed by atoms with Crippen molar-refractivity contribution in [2.75, 3.05) is 13.1 Å². The summed E-state index contributed by atoms with van der Waals surface area (Å²) in [6.45, 7) is 7.50. The van der Waals surface area contributed by atoms with Crippen molar-refractivity contribution in [3.05, 3.63) is 0 Å². The van der Waals surface area contributed by atoms with E-state index in [1.165, 1.54) is 0 Å². The molecule has 0 N–H and O–H groups in total. The largest absolute Gasteiger partial charge is 0.343 e. The Morgan fingerprint density at radius 2 is 1.83 bits per heavy atom. The Labute approximate surface area is 74.5 Å². The molecule has 0 rings (SSSR count). The van der Waals surface area contributed by atoms with Gasteiger partial charge in [-0.1, -0.05) is 13.8 Å². The summed E-state index contributed by atoms with van der Waals surface area (Å²) in [5.41, 5.74) is 0. The molecule has 0 aliphatic rings. The van der Waals surface area contributed by atoms with E-state index in [-0.39, 0.29) is 6.03 Å². The standard InChI is InChI=1S/C9H18N2O/c1-4-7-11(8-5-2)9(12)10-6-3/h6H,4-5,7-8H2,1-3H3/b10-6+. The van der Waals surface area contributed by atoms with E-state index in [4.69, 9.17) is 0 Å². The zero-order valence-electron chi connectivity index (χ0n) is 8.21. The Morgan fingerprint density at radius 1 is 1.33 bits per heavy atom. The van der Waals surface area contributed by atoms with Gasteiger partial charge in [0.15, 0.2) is 0 Å². The third kappa shape index (κ3) is 4.11. The lowest BCUT2D eigenvalue weighted by molar-refractivity contribution is 0.208. The number of aliphatic imine (C=N–C) groups is 1. The summed E-state index contributed by atoms with van der Waals surface area (Å²) in [7, 11) is 0. The summed E-state index contributed by atoms with van der Waals surface area (Å²) in [6.07, 6.45) is 3.52. The molecular formula is C9H18N2O. The fourth-order valence-corrected chi connectivity index (χ4v) is 1.04. The minimum Gasteiger partial charge on any atom is -0.323 e. The van der Waals surface area contributed by atoms with Crippen LogP contribution in [0.5, 0.6) is 0 Å². The van der Waals surface area contributed by atoms with Crippen LogP contribution in [0.4, 0.5) is 4.79 Å². The van der Waals surface area contributed by atoms with Gasteiger partial charge >= 0.3 is 6.03 Å². The predicted molar refractivity (Wildman–Crippen MR) is 51.7 cm³/mol. The molecule has 3 nitrogen and oxygen atoms in total. The number of nitrogens with zero attached hydrogens (tertiary/aromatic N) is 2. The van der Waals surface area contributed by atoms with Crippen LogP contribution in [-0.4, -0.2) is 30.2 Å². The van der Waals surface area contributed by atoms with Crippen molar-refractivity contribution in [1.29, 1.82) is 0 Å². The molecular weight excluding hydrogens is 152 g/mol. The van der Waals surface area contributed by atoms with Gasteiger partial charge in [-0.15, -0.1) is 0 Å². The van der Waals surface area contributed by atoms with Gasteiger partial charge in [0.1, 0.15) is 0 Å². The average molecular weight is 170 g/mol. The highest BCUT2D eigenvalue weighted by atomic mass is 16.2. The van der Waals surface area contributed by atoms with E-state index >= 15 is 0 Å².